The predicted octanol–water partition coefficient (Wildman–Crippen LogP) is 2.57. The van der Waals surface area contributed by atoms with Crippen molar-refractivity contribution in [2.45, 2.75) is 32.1 Å². The molecule has 3 nitrogen and oxygen atoms in total. The number of benzene rings is 1. The molecule has 1 fully saturated rings. The molecule has 0 bridgehead atoms. The highest BCUT2D eigenvalue weighted by Crippen LogP contribution is 2.32. The highest BCUT2D eigenvalue weighted by atomic mass is 19.4. The van der Waals surface area contributed by atoms with E-state index in [0.717, 1.165) is 38.3 Å². The highest BCUT2D eigenvalue weighted by Gasteiger charge is 2.35. The normalized spacial score (nSPS) is 23.7. The lowest BCUT2D eigenvalue weighted by molar-refractivity contribution is -0.151. The smallest absolute Gasteiger partial charge is 0.314 e. The Balaban J connectivity index is 1.69. The van der Waals surface area contributed by atoms with Crippen LogP contribution in [0.3, 0.4) is 0 Å². The molecule has 6 heteroatoms. The van der Waals surface area contributed by atoms with E-state index >= 15 is 0 Å². The molecule has 0 aromatic heterocycles. The molecule has 1 N–H and O–H groups in total. The minimum atomic E-state index is -4.13. The lowest BCUT2D eigenvalue weighted by atomic mass is 9.91. The first kappa shape index (κ1) is 16.7. The third kappa shape index (κ3) is 4.25. The molecule has 1 atom stereocenters. The second-order valence-electron chi connectivity index (χ2n) is 6.57. The van der Waals surface area contributed by atoms with Crippen molar-refractivity contribution in [1.29, 1.82) is 0 Å². The molecular formula is C17H24F3N3. The highest BCUT2D eigenvalue weighted by molar-refractivity contribution is 5.36. The summed E-state index contributed by atoms with van der Waals surface area (Å²) in [7, 11) is 0. The average molecular weight is 327 g/mol. The van der Waals surface area contributed by atoms with E-state index < -0.39 is 12.7 Å². The van der Waals surface area contributed by atoms with E-state index in [4.69, 9.17) is 0 Å². The van der Waals surface area contributed by atoms with Crippen molar-refractivity contribution in [3.8, 4) is 0 Å². The van der Waals surface area contributed by atoms with Crippen molar-refractivity contribution in [1.82, 2.24) is 15.1 Å². The number of nitrogens with zero attached hydrogens (tertiary/aromatic N) is 2. The fraction of sp³-hybridized carbons (Fsp3) is 0.647. The second-order valence-corrected chi connectivity index (χ2v) is 6.57. The Kier molecular flexibility index (Phi) is 4.94. The Morgan fingerprint density at radius 2 is 1.91 bits per heavy atom. The molecule has 0 amide bonds. The monoisotopic (exact) mass is 327 g/mol. The number of hydrogen-bond acceptors (Lipinski definition) is 3. The van der Waals surface area contributed by atoms with E-state index in [9.17, 15) is 13.2 Å². The van der Waals surface area contributed by atoms with E-state index in [2.05, 4.69) is 22.3 Å². The van der Waals surface area contributed by atoms with Gasteiger partial charge in [0.25, 0.3) is 0 Å². The molecule has 2 aliphatic rings. The molecule has 2 heterocycles. The Morgan fingerprint density at radius 1 is 1.17 bits per heavy atom. The van der Waals surface area contributed by atoms with E-state index in [1.54, 1.807) is 0 Å². The van der Waals surface area contributed by atoms with Gasteiger partial charge in [0.2, 0.25) is 0 Å². The third-order valence-corrected chi connectivity index (χ3v) is 4.87. The number of halogens is 3. The van der Waals surface area contributed by atoms with E-state index in [0.29, 0.717) is 13.0 Å². The number of alkyl halides is 3. The molecule has 1 unspecified atom stereocenters. The molecule has 3 rings (SSSR count). The molecule has 1 aromatic rings. The minimum Gasteiger partial charge on any atom is -0.314 e. The summed E-state index contributed by atoms with van der Waals surface area (Å²) in [4.78, 5) is 3.94. The van der Waals surface area contributed by atoms with Crippen LogP contribution in [0.5, 0.6) is 0 Å². The van der Waals surface area contributed by atoms with E-state index in [1.807, 2.05) is 13.0 Å². The molecule has 0 saturated carbocycles. The summed E-state index contributed by atoms with van der Waals surface area (Å²) in [6, 6.07) is 6.13. The lowest BCUT2D eigenvalue weighted by Crippen LogP contribution is -2.43. The van der Waals surface area contributed by atoms with Crippen LogP contribution in [0.2, 0.25) is 0 Å². The Labute approximate surface area is 135 Å². The maximum atomic E-state index is 12.7. The number of hydrogen-bond donors (Lipinski definition) is 1. The van der Waals surface area contributed by atoms with Crippen molar-refractivity contribution in [2.24, 2.45) is 0 Å². The summed E-state index contributed by atoms with van der Waals surface area (Å²) in [5.41, 5.74) is 3.52. The Bertz CT molecular complexity index is 538. The van der Waals surface area contributed by atoms with Crippen LogP contribution in [0, 0.1) is 0 Å². The SMILES string of the molecule is CC1c2ccc(CN3CCNCC3)cc2CCN1CC(F)(F)F. The lowest BCUT2D eigenvalue weighted by Gasteiger charge is -2.36. The van der Waals surface area contributed by atoms with Gasteiger partial charge in [-0.25, -0.2) is 0 Å². The molecule has 0 radical (unpaired) electrons. The van der Waals surface area contributed by atoms with Crippen LogP contribution in [-0.4, -0.2) is 55.2 Å². The van der Waals surface area contributed by atoms with Gasteiger partial charge in [0, 0.05) is 45.3 Å². The quantitative estimate of drug-likeness (QED) is 0.921. The van der Waals surface area contributed by atoms with Gasteiger partial charge < -0.3 is 5.32 Å². The summed E-state index contributed by atoms with van der Waals surface area (Å²) in [6.45, 7) is 6.60. The van der Waals surface area contributed by atoms with Crippen LogP contribution in [0.1, 0.15) is 29.7 Å². The molecule has 1 saturated heterocycles. The predicted molar refractivity (Wildman–Crippen MR) is 84.3 cm³/mol. The topological polar surface area (TPSA) is 18.5 Å². The van der Waals surface area contributed by atoms with Gasteiger partial charge in [-0.15, -0.1) is 0 Å². The summed E-state index contributed by atoms with van der Waals surface area (Å²) in [6.07, 6.45) is -3.43. The maximum absolute atomic E-state index is 12.7. The zero-order valence-electron chi connectivity index (χ0n) is 13.5. The number of rotatable bonds is 3. The standard InChI is InChI=1S/C17H24F3N3/c1-13-16-3-2-14(11-22-8-5-21-6-9-22)10-15(16)4-7-23(13)12-17(18,19)20/h2-3,10,13,21H,4-9,11-12H2,1H3. The molecule has 0 spiro atoms. The van der Waals surface area contributed by atoms with E-state index in [1.165, 1.54) is 16.0 Å². The summed E-state index contributed by atoms with van der Waals surface area (Å²) in [5, 5.41) is 3.34. The van der Waals surface area contributed by atoms with Crippen LogP contribution in [0.15, 0.2) is 18.2 Å². The summed E-state index contributed by atoms with van der Waals surface area (Å²) < 4.78 is 38.0. The van der Waals surface area contributed by atoms with Gasteiger partial charge in [-0.1, -0.05) is 18.2 Å². The Hall–Kier alpha value is -1.11. The van der Waals surface area contributed by atoms with Gasteiger partial charge in [-0.05, 0) is 30.0 Å². The third-order valence-electron chi connectivity index (χ3n) is 4.87. The number of piperazine rings is 1. The van der Waals surface area contributed by atoms with Crippen LogP contribution < -0.4 is 5.32 Å². The van der Waals surface area contributed by atoms with Gasteiger partial charge in [-0.2, -0.15) is 13.2 Å². The van der Waals surface area contributed by atoms with Crippen LogP contribution in [-0.2, 0) is 13.0 Å². The summed E-state index contributed by atoms with van der Waals surface area (Å²) in [5.74, 6) is 0. The van der Waals surface area contributed by atoms with Crippen molar-refractivity contribution in [3.05, 3.63) is 34.9 Å². The zero-order chi connectivity index (χ0) is 16.4. The largest absolute Gasteiger partial charge is 0.401 e. The van der Waals surface area contributed by atoms with Crippen LogP contribution >= 0.6 is 0 Å². The van der Waals surface area contributed by atoms with Crippen molar-refractivity contribution in [3.63, 3.8) is 0 Å². The molecule has 0 aliphatic carbocycles. The van der Waals surface area contributed by atoms with Gasteiger partial charge in [0.1, 0.15) is 0 Å². The molecule has 23 heavy (non-hydrogen) atoms. The van der Waals surface area contributed by atoms with Gasteiger partial charge >= 0.3 is 6.18 Å². The van der Waals surface area contributed by atoms with Crippen LogP contribution in [0.4, 0.5) is 13.2 Å². The van der Waals surface area contributed by atoms with Gasteiger partial charge in [0.15, 0.2) is 0 Å². The number of fused-ring (bicyclic) bond motifs is 1. The first-order chi connectivity index (χ1) is 10.9. The van der Waals surface area contributed by atoms with Crippen molar-refractivity contribution in [2.75, 3.05) is 39.3 Å². The number of nitrogens with one attached hydrogen (secondary N) is 1. The molecular weight excluding hydrogens is 303 g/mol. The minimum absolute atomic E-state index is 0.173. The summed E-state index contributed by atoms with van der Waals surface area (Å²) >= 11 is 0. The van der Waals surface area contributed by atoms with Gasteiger partial charge in [0.05, 0.1) is 6.54 Å². The Morgan fingerprint density at radius 3 is 2.61 bits per heavy atom. The molecule has 2 aliphatic heterocycles. The average Bonchev–Trinajstić information content (AvgIpc) is 2.50. The zero-order valence-corrected chi connectivity index (χ0v) is 13.5. The fourth-order valence-electron chi connectivity index (χ4n) is 3.61. The van der Waals surface area contributed by atoms with Crippen molar-refractivity contribution >= 4 is 0 Å². The van der Waals surface area contributed by atoms with E-state index in [-0.39, 0.29) is 6.04 Å². The first-order valence-corrected chi connectivity index (χ1v) is 8.28. The van der Waals surface area contributed by atoms with Crippen molar-refractivity contribution < 1.29 is 13.2 Å². The second kappa shape index (κ2) is 6.79. The molecule has 128 valence electrons. The van der Waals surface area contributed by atoms with Gasteiger partial charge in [-0.3, -0.25) is 9.80 Å². The van der Waals surface area contributed by atoms with Crippen LogP contribution in [0.25, 0.3) is 0 Å². The molecule has 1 aromatic carbocycles. The first-order valence-electron chi connectivity index (χ1n) is 8.28. The maximum Gasteiger partial charge on any atom is 0.401 e. The fourth-order valence-corrected chi connectivity index (χ4v) is 3.61.